The molecule has 0 bridgehead atoms. The van der Waals surface area contributed by atoms with E-state index in [4.69, 9.17) is 39.3 Å². The molecule has 0 fully saturated rings. The van der Waals surface area contributed by atoms with E-state index in [9.17, 15) is 4.79 Å². The highest BCUT2D eigenvalue weighted by Gasteiger charge is 2.28. The number of hydrogen-bond donors (Lipinski definition) is 1. The first kappa shape index (κ1) is 31.4. The zero-order valence-electron chi connectivity index (χ0n) is 24.1. The first-order valence-electron chi connectivity index (χ1n) is 13.7. The minimum atomic E-state index is -0.350. The van der Waals surface area contributed by atoms with Gasteiger partial charge in [0.05, 0.1) is 28.1 Å². The van der Waals surface area contributed by atoms with E-state index in [2.05, 4.69) is 82.1 Å². The minimum absolute atomic E-state index is 0.0339. The van der Waals surface area contributed by atoms with Crippen molar-refractivity contribution in [3.8, 4) is 0 Å². The van der Waals surface area contributed by atoms with Crippen molar-refractivity contribution < 1.29 is 9.32 Å². The van der Waals surface area contributed by atoms with Gasteiger partial charge in [-0.25, -0.2) is 0 Å². The summed E-state index contributed by atoms with van der Waals surface area (Å²) in [7, 11) is 0. The first-order chi connectivity index (χ1) is 18.3. The Hall–Kier alpha value is -2.08. The fraction of sp³-hybridized carbons (Fsp3) is 0.516. The fourth-order valence-corrected chi connectivity index (χ4v) is 5.26. The lowest BCUT2D eigenvalue weighted by Gasteiger charge is -2.30. The van der Waals surface area contributed by atoms with Crippen LogP contribution in [0.3, 0.4) is 0 Å². The molecule has 8 heteroatoms. The number of nitrogens with one attached hydrogen (secondary N) is 1. The number of benzene rings is 2. The largest absolute Gasteiger partial charge is 0.339 e. The number of carbonyl (C=O) groups excluding carboxylic acids is 1. The Bertz CT molecular complexity index is 1240. The molecule has 1 aromatic heterocycles. The summed E-state index contributed by atoms with van der Waals surface area (Å²) in [5.74, 6) is 0.426. The normalized spacial score (nSPS) is 13.0. The molecule has 5 nitrogen and oxygen atoms in total. The molecule has 212 valence electrons. The molecule has 3 aromatic rings. The summed E-state index contributed by atoms with van der Waals surface area (Å²) < 4.78 is 5.79. The van der Waals surface area contributed by atoms with Crippen molar-refractivity contribution in [3.05, 3.63) is 73.8 Å². The minimum Gasteiger partial charge on any atom is -0.339 e. The SMILES string of the molecule is CCCCC(c1cc(C(C)(C)CC)cc(C(C)(C)CC)c1)c1nc(CC(=O)Nc2c(Cl)cc(Cl)cc2Cl)no1. The number of nitrogens with zero attached hydrogens (tertiary/aromatic N) is 2. The highest BCUT2D eigenvalue weighted by Crippen LogP contribution is 2.39. The zero-order valence-corrected chi connectivity index (χ0v) is 26.3. The molecule has 1 N–H and O–H groups in total. The Labute approximate surface area is 248 Å². The zero-order chi connectivity index (χ0) is 29.0. The van der Waals surface area contributed by atoms with E-state index in [0.29, 0.717) is 22.4 Å². The predicted octanol–water partition coefficient (Wildman–Crippen LogP) is 9.91. The standard InChI is InChI=1S/C31H40Cl3N3O2/c1-8-11-12-23(19-13-20(30(4,5)9-2)15-21(14-19)31(6,7)10-3)29-35-26(37-39-29)18-27(38)36-28-24(33)16-22(32)17-25(28)34/h13-17,23H,8-12,18H2,1-7H3,(H,36,38). The lowest BCUT2D eigenvalue weighted by molar-refractivity contribution is -0.115. The molecule has 0 saturated heterocycles. The van der Waals surface area contributed by atoms with E-state index in [-0.39, 0.29) is 39.1 Å². The van der Waals surface area contributed by atoms with Crippen LogP contribution in [0.1, 0.15) is 115 Å². The van der Waals surface area contributed by atoms with E-state index in [1.165, 1.54) is 28.8 Å². The van der Waals surface area contributed by atoms with Crippen molar-refractivity contribution in [1.29, 1.82) is 0 Å². The summed E-state index contributed by atoms with van der Waals surface area (Å²) in [6, 6.07) is 10.0. The predicted molar refractivity (Wildman–Crippen MR) is 163 cm³/mol. The number of amides is 1. The third-order valence-corrected chi connectivity index (χ3v) is 8.72. The second kappa shape index (κ2) is 13.1. The molecule has 1 amide bonds. The van der Waals surface area contributed by atoms with Crippen LogP contribution in [-0.4, -0.2) is 16.0 Å². The maximum absolute atomic E-state index is 12.8. The van der Waals surface area contributed by atoms with Crippen molar-refractivity contribution in [2.75, 3.05) is 5.32 Å². The van der Waals surface area contributed by atoms with Gasteiger partial charge in [0, 0.05) is 5.02 Å². The van der Waals surface area contributed by atoms with Crippen LogP contribution in [0.25, 0.3) is 0 Å². The van der Waals surface area contributed by atoms with Crippen molar-refractivity contribution >= 4 is 46.4 Å². The summed E-state index contributed by atoms with van der Waals surface area (Å²) >= 11 is 18.4. The number of halogens is 3. The van der Waals surface area contributed by atoms with Crippen LogP contribution in [0.5, 0.6) is 0 Å². The van der Waals surface area contributed by atoms with E-state index in [0.717, 1.165) is 32.1 Å². The van der Waals surface area contributed by atoms with E-state index in [1.807, 2.05) is 0 Å². The van der Waals surface area contributed by atoms with E-state index >= 15 is 0 Å². The first-order valence-corrected chi connectivity index (χ1v) is 14.9. The highest BCUT2D eigenvalue weighted by molar-refractivity contribution is 6.42. The monoisotopic (exact) mass is 591 g/mol. The molecule has 0 radical (unpaired) electrons. The van der Waals surface area contributed by atoms with Crippen LogP contribution in [0.2, 0.25) is 15.1 Å². The molecule has 0 aliphatic carbocycles. The van der Waals surface area contributed by atoms with Crippen LogP contribution < -0.4 is 5.32 Å². The third-order valence-electron chi connectivity index (χ3n) is 7.91. The molecule has 3 rings (SSSR count). The molecule has 1 heterocycles. The number of carbonyl (C=O) groups is 1. The average Bonchev–Trinajstić information content (AvgIpc) is 3.34. The van der Waals surface area contributed by atoms with Gasteiger partial charge in [0.2, 0.25) is 11.8 Å². The number of aromatic nitrogens is 2. The number of hydrogen-bond acceptors (Lipinski definition) is 4. The molecule has 0 spiro atoms. The quantitative estimate of drug-likeness (QED) is 0.227. The molecule has 0 aliphatic heterocycles. The van der Waals surface area contributed by atoms with Gasteiger partial charge >= 0.3 is 0 Å². The Morgan fingerprint density at radius 1 is 0.923 bits per heavy atom. The van der Waals surface area contributed by atoms with Gasteiger partial charge in [0.25, 0.3) is 0 Å². The Morgan fingerprint density at radius 2 is 1.49 bits per heavy atom. The molecule has 39 heavy (non-hydrogen) atoms. The van der Waals surface area contributed by atoms with Crippen LogP contribution in [0, 0.1) is 0 Å². The number of unbranched alkanes of at least 4 members (excludes halogenated alkanes) is 1. The second-order valence-corrected chi connectivity index (χ2v) is 12.8. The average molecular weight is 593 g/mol. The van der Waals surface area contributed by atoms with Gasteiger partial charge in [0.1, 0.15) is 0 Å². The van der Waals surface area contributed by atoms with Gasteiger partial charge in [-0.2, -0.15) is 4.98 Å². The van der Waals surface area contributed by atoms with Crippen LogP contribution >= 0.6 is 34.8 Å². The van der Waals surface area contributed by atoms with E-state index < -0.39 is 0 Å². The van der Waals surface area contributed by atoms with Gasteiger partial charge < -0.3 is 9.84 Å². The van der Waals surface area contributed by atoms with Crippen molar-refractivity contribution in [3.63, 3.8) is 0 Å². The lowest BCUT2D eigenvalue weighted by atomic mass is 9.74. The smallest absolute Gasteiger partial charge is 0.234 e. The van der Waals surface area contributed by atoms with Crippen LogP contribution in [0.15, 0.2) is 34.9 Å². The van der Waals surface area contributed by atoms with Gasteiger partial charge in [-0.3, -0.25) is 4.79 Å². The van der Waals surface area contributed by atoms with Gasteiger partial charge in [0.15, 0.2) is 5.82 Å². The Morgan fingerprint density at radius 3 is 2.00 bits per heavy atom. The molecule has 0 saturated carbocycles. The summed E-state index contributed by atoms with van der Waals surface area (Å²) in [6.45, 7) is 15.8. The van der Waals surface area contributed by atoms with Crippen molar-refractivity contribution in [2.45, 2.75) is 104 Å². The summed E-state index contributed by atoms with van der Waals surface area (Å²) in [4.78, 5) is 17.5. The molecule has 1 atom stereocenters. The van der Waals surface area contributed by atoms with Gasteiger partial charge in [-0.1, -0.05) is 119 Å². The Kier molecular flexibility index (Phi) is 10.5. The second-order valence-electron chi connectivity index (χ2n) is 11.5. The molecular formula is C31H40Cl3N3O2. The van der Waals surface area contributed by atoms with Crippen molar-refractivity contribution in [2.24, 2.45) is 0 Å². The summed E-state index contributed by atoms with van der Waals surface area (Å²) in [5, 5.41) is 7.80. The van der Waals surface area contributed by atoms with Crippen LogP contribution in [-0.2, 0) is 22.0 Å². The topological polar surface area (TPSA) is 68.0 Å². The van der Waals surface area contributed by atoms with E-state index in [1.54, 1.807) is 0 Å². The highest BCUT2D eigenvalue weighted by atomic mass is 35.5. The number of rotatable bonds is 12. The van der Waals surface area contributed by atoms with Crippen LogP contribution in [0.4, 0.5) is 5.69 Å². The number of anilines is 1. The molecule has 0 aliphatic rings. The van der Waals surface area contributed by atoms with Gasteiger partial charge in [-0.05, 0) is 58.9 Å². The summed E-state index contributed by atoms with van der Waals surface area (Å²) in [5.41, 5.74) is 4.18. The van der Waals surface area contributed by atoms with Crippen molar-refractivity contribution in [1.82, 2.24) is 10.1 Å². The maximum Gasteiger partial charge on any atom is 0.234 e. The summed E-state index contributed by atoms with van der Waals surface area (Å²) in [6.07, 6.45) is 4.94. The molecule has 1 unspecified atom stereocenters. The fourth-order valence-electron chi connectivity index (χ4n) is 4.35. The van der Waals surface area contributed by atoms with Gasteiger partial charge in [-0.15, -0.1) is 0 Å². The third kappa shape index (κ3) is 7.77. The lowest BCUT2D eigenvalue weighted by Crippen LogP contribution is -2.21. The molecular weight excluding hydrogens is 553 g/mol. The Balaban J connectivity index is 1.95. The molecule has 2 aromatic carbocycles. The maximum atomic E-state index is 12.8.